The maximum Gasteiger partial charge on any atom is 0.137 e. The molecule has 0 saturated heterocycles. The Kier molecular flexibility index (Phi) is 7.33. The number of para-hydroxylation sites is 2. The number of carbonyl (C=O) groups is 1. The third-order valence-electron chi connectivity index (χ3n) is 5.50. The van der Waals surface area contributed by atoms with E-state index in [1.807, 2.05) is 97.1 Å². The summed E-state index contributed by atoms with van der Waals surface area (Å²) in [7, 11) is 0. The van der Waals surface area contributed by atoms with Crippen molar-refractivity contribution in [1.29, 1.82) is 0 Å². The Morgan fingerprint density at radius 1 is 0.500 bits per heavy atom. The molecule has 0 bridgehead atoms. The third-order valence-corrected chi connectivity index (χ3v) is 5.50. The summed E-state index contributed by atoms with van der Waals surface area (Å²) in [6.07, 6.45) is 0.831. The fraction of sp³-hybridized carbons (Fsp3) is 0.138. The molecule has 4 rings (SSSR count). The second kappa shape index (κ2) is 11.0. The molecule has 3 nitrogen and oxygen atoms in total. The molecule has 0 radical (unpaired) electrons. The Labute approximate surface area is 190 Å². The summed E-state index contributed by atoms with van der Waals surface area (Å²) >= 11 is 0. The lowest BCUT2D eigenvalue weighted by atomic mass is 9.95. The average Bonchev–Trinajstić information content (AvgIpc) is 2.86. The van der Waals surface area contributed by atoms with Crippen molar-refractivity contribution in [1.82, 2.24) is 0 Å². The molecule has 0 aliphatic carbocycles. The lowest BCUT2D eigenvalue weighted by molar-refractivity contribution is -0.119. The Morgan fingerprint density at radius 3 is 1.16 bits per heavy atom. The minimum Gasteiger partial charge on any atom is -0.378 e. The minimum atomic E-state index is -0.0840. The maximum absolute atomic E-state index is 13.3. The molecule has 4 aromatic carbocycles. The first-order chi connectivity index (χ1) is 15.8. The van der Waals surface area contributed by atoms with E-state index in [4.69, 9.17) is 0 Å². The minimum absolute atomic E-state index is 0.0840. The molecule has 0 aliphatic heterocycles. The summed E-state index contributed by atoms with van der Waals surface area (Å²) < 4.78 is 0. The van der Waals surface area contributed by atoms with Gasteiger partial charge in [0.2, 0.25) is 0 Å². The molecule has 0 fully saturated rings. The van der Waals surface area contributed by atoms with Gasteiger partial charge >= 0.3 is 0 Å². The van der Waals surface area contributed by atoms with Crippen LogP contribution in [0.5, 0.6) is 0 Å². The van der Waals surface area contributed by atoms with Gasteiger partial charge in [-0.25, -0.2) is 0 Å². The van der Waals surface area contributed by atoms with Crippen LogP contribution in [0.3, 0.4) is 0 Å². The Hall–Kier alpha value is -3.85. The van der Waals surface area contributed by atoms with Gasteiger partial charge in [0.15, 0.2) is 0 Å². The zero-order valence-corrected chi connectivity index (χ0v) is 18.0. The van der Waals surface area contributed by atoms with Crippen LogP contribution in [0.15, 0.2) is 121 Å². The van der Waals surface area contributed by atoms with Gasteiger partial charge in [0.05, 0.1) is 12.1 Å². The second-order valence-corrected chi connectivity index (χ2v) is 7.89. The molecule has 32 heavy (non-hydrogen) atoms. The van der Waals surface area contributed by atoms with Gasteiger partial charge in [-0.1, -0.05) is 97.1 Å². The van der Waals surface area contributed by atoms with Crippen molar-refractivity contribution >= 4 is 17.2 Å². The maximum atomic E-state index is 13.3. The molecule has 160 valence electrons. The fourth-order valence-electron chi connectivity index (χ4n) is 3.88. The van der Waals surface area contributed by atoms with E-state index >= 15 is 0 Å². The Bertz CT molecular complexity index is 994. The first-order valence-electron chi connectivity index (χ1n) is 11.0. The number of rotatable bonds is 10. The molecule has 2 N–H and O–H groups in total. The molecule has 4 aromatic rings. The molecule has 2 atom stereocenters. The first-order valence-corrected chi connectivity index (χ1v) is 11.0. The van der Waals surface area contributed by atoms with Gasteiger partial charge in [-0.2, -0.15) is 0 Å². The van der Waals surface area contributed by atoms with E-state index in [1.165, 1.54) is 0 Å². The zero-order valence-electron chi connectivity index (χ0n) is 18.0. The molecule has 0 amide bonds. The van der Waals surface area contributed by atoms with Gasteiger partial charge in [-0.15, -0.1) is 0 Å². The van der Waals surface area contributed by atoms with Crippen molar-refractivity contribution in [2.75, 3.05) is 10.6 Å². The fourth-order valence-corrected chi connectivity index (χ4v) is 3.88. The molecule has 3 heteroatoms. The quantitative estimate of drug-likeness (QED) is 0.289. The van der Waals surface area contributed by atoms with E-state index < -0.39 is 0 Å². The number of anilines is 2. The summed E-state index contributed by atoms with van der Waals surface area (Å²) in [6, 6.07) is 40.3. The van der Waals surface area contributed by atoms with Crippen LogP contribution in [0.25, 0.3) is 0 Å². The van der Waals surface area contributed by atoms with Gasteiger partial charge in [-0.05, 0) is 35.4 Å². The van der Waals surface area contributed by atoms with E-state index in [0.29, 0.717) is 12.8 Å². The highest BCUT2D eigenvalue weighted by Crippen LogP contribution is 2.27. The summed E-state index contributed by atoms with van der Waals surface area (Å²) in [5.41, 5.74) is 4.24. The van der Waals surface area contributed by atoms with Crippen molar-refractivity contribution in [2.24, 2.45) is 0 Å². The van der Waals surface area contributed by atoms with Gasteiger partial charge in [0.25, 0.3) is 0 Å². The molecule has 0 aliphatic rings. The van der Waals surface area contributed by atoms with Crippen LogP contribution >= 0.6 is 0 Å². The van der Waals surface area contributed by atoms with Gasteiger partial charge < -0.3 is 10.6 Å². The van der Waals surface area contributed by atoms with Crippen molar-refractivity contribution in [3.05, 3.63) is 132 Å². The van der Waals surface area contributed by atoms with E-state index in [9.17, 15) is 4.79 Å². The number of nitrogens with one attached hydrogen (secondary N) is 2. The van der Waals surface area contributed by atoms with Crippen LogP contribution in [0.4, 0.5) is 11.4 Å². The molecule has 0 spiro atoms. The highest BCUT2D eigenvalue weighted by atomic mass is 16.1. The van der Waals surface area contributed by atoms with Crippen LogP contribution < -0.4 is 10.6 Å². The predicted octanol–water partition coefficient (Wildman–Crippen LogP) is 7.04. The van der Waals surface area contributed by atoms with Crippen LogP contribution in [0.2, 0.25) is 0 Å². The number of hydrogen-bond donors (Lipinski definition) is 2. The lowest BCUT2D eigenvalue weighted by Crippen LogP contribution is -2.20. The van der Waals surface area contributed by atoms with Gasteiger partial charge in [0, 0.05) is 24.2 Å². The van der Waals surface area contributed by atoms with Crippen molar-refractivity contribution in [3.8, 4) is 0 Å². The van der Waals surface area contributed by atoms with Gasteiger partial charge in [0.1, 0.15) is 5.78 Å². The van der Waals surface area contributed by atoms with Crippen molar-refractivity contribution < 1.29 is 4.79 Å². The number of Topliss-reactive ketones (excluding diaryl/α,β-unsaturated/α-hetero) is 1. The van der Waals surface area contributed by atoms with E-state index in [2.05, 4.69) is 34.9 Å². The number of hydrogen-bond acceptors (Lipinski definition) is 3. The molecule has 0 heterocycles. The summed E-state index contributed by atoms with van der Waals surface area (Å²) in [5, 5.41) is 7.10. The van der Waals surface area contributed by atoms with Crippen LogP contribution in [-0.2, 0) is 4.79 Å². The van der Waals surface area contributed by atoms with Crippen molar-refractivity contribution in [3.63, 3.8) is 0 Å². The van der Waals surface area contributed by atoms with E-state index in [0.717, 1.165) is 22.5 Å². The normalized spacial score (nSPS) is 12.5. The molecule has 0 aromatic heterocycles. The summed E-state index contributed by atoms with van der Waals surface area (Å²) in [5.74, 6) is 0.208. The summed E-state index contributed by atoms with van der Waals surface area (Å²) in [4.78, 5) is 13.3. The van der Waals surface area contributed by atoms with Crippen molar-refractivity contribution in [2.45, 2.75) is 24.9 Å². The summed E-state index contributed by atoms with van der Waals surface area (Å²) in [6.45, 7) is 0. The highest BCUT2D eigenvalue weighted by Gasteiger charge is 2.21. The van der Waals surface area contributed by atoms with Crippen LogP contribution in [-0.4, -0.2) is 5.78 Å². The lowest BCUT2D eigenvalue weighted by Gasteiger charge is -2.23. The Balaban J connectivity index is 1.51. The van der Waals surface area contributed by atoms with E-state index in [-0.39, 0.29) is 17.9 Å². The zero-order chi connectivity index (χ0) is 22.0. The van der Waals surface area contributed by atoms with Crippen LogP contribution in [0.1, 0.15) is 36.1 Å². The monoisotopic (exact) mass is 420 g/mol. The SMILES string of the molecule is O=C(CC(Nc1ccccc1)c1ccccc1)CC(Nc1ccccc1)c1ccccc1. The smallest absolute Gasteiger partial charge is 0.137 e. The number of carbonyl (C=O) groups excluding carboxylic acids is 1. The molecular weight excluding hydrogens is 392 g/mol. The predicted molar refractivity (Wildman–Crippen MR) is 133 cm³/mol. The average molecular weight is 421 g/mol. The standard InChI is InChI=1S/C29H28N2O/c32-27(21-28(23-13-5-1-6-14-23)30-25-17-9-3-10-18-25)22-29(24-15-7-2-8-16-24)31-26-19-11-4-12-20-26/h1-20,28-31H,21-22H2. The number of benzene rings is 4. The topological polar surface area (TPSA) is 41.1 Å². The third kappa shape index (κ3) is 6.08. The molecule has 0 saturated carbocycles. The van der Waals surface area contributed by atoms with Crippen LogP contribution in [0, 0.1) is 0 Å². The molecular formula is C29H28N2O. The highest BCUT2D eigenvalue weighted by molar-refractivity contribution is 5.81. The Morgan fingerprint density at radius 2 is 0.812 bits per heavy atom. The largest absolute Gasteiger partial charge is 0.378 e. The second-order valence-electron chi connectivity index (χ2n) is 7.89. The number of ketones is 1. The molecule has 2 unspecified atom stereocenters. The van der Waals surface area contributed by atoms with Gasteiger partial charge in [-0.3, -0.25) is 4.79 Å². The van der Waals surface area contributed by atoms with E-state index in [1.54, 1.807) is 0 Å². The first kappa shape index (κ1) is 21.4.